The molecule has 5 atom stereocenters. The minimum Gasteiger partial charge on any atom is -0.547 e. The number of carboxylic acid groups (broad SMARTS) is 1. The van der Waals surface area contributed by atoms with Crippen molar-refractivity contribution in [2.45, 2.75) is 95.4 Å². The number of carbonyl (C=O) groups is 1. The molecule has 206 valence electrons. The van der Waals surface area contributed by atoms with Gasteiger partial charge in [-0.15, -0.1) is 0 Å². The molecule has 37 heavy (non-hydrogen) atoms. The third kappa shape index (κ3) is 8.59. The minimum absolute atomic E-state index is 0. The maximum absolute atomic E-state index is 11.3. The minimum atomic E-state index is -1.93. The molecule has 5 N–H and O–H groups in total. The van der Waals surface area contributed by atoms with Crippen LogP contribution in [0.25, 0.3) is 0 Å². The van der Waals surface area contributed by atoms with Gasteiger partial charge in [-0.1, -0.05) is 38.5 Å². The number of benzene rings is 1. The van der Waals surface area contributed by atoms with Gasteiger partial charge in [-0.3, -0.25) is 0 Å². The molecule has 1 aliphatic rings. The van der Waals surface area contributed by atoms with Gasteiger partial charge in [0.25, 0.3) is 0 Å². The van der Waals surface area contributed by atoms with Gasteiger partial charge in [-0.2, -0.15) is 0 Å². The van der Waals surface area contributed by atoms with Gasteiger partial charge in [0.05, 0.1) is 20.2 Å². The second-order valence-corrected chi connectivity index (χ2v) is 8.98. The van der Waals surface area contributed by atoms with Crippen LogP contribution in [0.4, 0.5) is 0 Å². The number of aliphatic hydroxyl groups is 4. The molecule has 0 saturated carbocycles. The Morgan fingerprint density at radius 3 is 1.92 bits per heavy atom. The average molecular weight is 539 g/mol. The normalized spacial score (nSPS) is 23.3. The summed E-state index contributed by atoms with van der Waals surface area (Å²) in [6, 6.07) is 0. The van der Waals surface area contributed by atoms with Crippen molar-refractivity contribution in [1.82, 2.24) is 0 Å². The summed E-state index contributed by atoms with van der Waals surface area (Å²) >= 11 is 0. The van der Waals surface area contributed by atoms with E-state index in [-0.39, 0.29) is 59.2 Å². The molecule has 1 saturated heterocycles. The van der Waals surface area contributed by atoms with Gasteiger partial charge in [0.2, 0.25) is 17.8 Å². The van der Waals surface area contributed by atoms with E-state index in [1.165, 1.54) is 14.2 Å². The van der Waals surface area contributed by atoms with Gasteiger partial charge in [0.15, 0.2) is 11.5 Å². The molecule has 0 aromatic heterocycles. The first-order chi connectivity index (χ1) is 17.2. The van der Waals surface area contributed by atoms with Crippen LogP contribution in [-0.2, 0) is 16.0 Å². The van der Waals surface area contributed by atoms with E-state index in [0.717, 1.165) is 51.4 Å². The molecular formula is C25H39NaO11. The van der Waals surface area contributed by atoms with Crippen LogP contribution in [0.1, 0.15) is 62.5 Å². The number of aliphatic carboxylic acids is 1. The summed E-state index contributed by atoms with van der Waals surface area (Å²) < 4.78 is 21.7. The quantitative estimate of drug-likeness (QED) is 0.116. The van der Waals surface area contributed by atoms with Crippen molar-refractivity contribution in [1.29, 1.82) is 0 Å². The van der Waals surface area contributed by atoms with E-state index in [1.807, 2.05) is 0 Å². The van der Waals surface area contributed by atoms with Crippen LogP contribution in [0.2, 0.25) is 0 Å². The third-order valence-electron chi connectivity index (χ3n) is 6.49. The number of unbranched alkanes of at least 4 members (excludes halogenated alkanes) is 7. The molecule has 1 heterocycles. The van der Waals surface area contributed by atoms with Crippen molar-refractivity contribution >= 4 is 5.97 Å². The summed E-state index contributed by atoms with van der Waals surface area (Å²) in [5.41, 5.74) is 1.00. The van der Waals surface area contributed by atoms with Crippen molar-refractivity contribution in [3.63, 3.8) is 0 Å². The Morgan fingerprint density at radius 1 is 0.865 bits per heavy atom. The molecule has 12 heteroatoms. The Bertz CT molecular complexity index is 851. The van der Waals surface area contributed by atoms with Crippen LogP contribution in [0, 0.1) is 6.92 Å². The van der Waals surface area contributed by atoms with Crippen LogP contribution in [-0.4, -0.2) is 83.0 Å². The van der Waals surface area contributed by atoms with E-state index < -0.39 is 36.7 Å². The number of phenolic OH excluding ortho intramolecular Hbond substituents is 1. The zero-order chi connectivity index (χ0) is 26.8. The molecule has 2 rings (SSSR count). The Labute approximate surface area is 239 Å². The van der Waals surface area contributed by atoms with Gasteiger partial charge in [0, 0.05) is 17.7 Å². The van der Waals surface area contributed by atoms with Crippen LogP contribution in [0.3, 0.4) is 0 Å². The molecule has 0 amide bonds. The molecule has 0 aliphatic carbocycles. The predicted molar refractivity (Wildman–Crippen MR) is 126 cm³/mol. The number of hydrogen-bond acceptors (Lipinski definition) is 11. The molecule has 0 bridgehead atoms. The van der Waals surface area contributed by atoms with Gasteiger partial charge in [-0.25, -0.2) is 0 Å². The number of ether oxygens (including phenoxy) is 4. The first kappa shape index (κ1) is 33.7. The van der Waals surface area contributed by atoms with E-state index >= 15 is 0 Å². The molecule has 1 aromatic rings. The third-order valence-corrected chi connectivity index (χ3v) is 6.49. The summed E-state index contributed by atoms with van der Waals surface area (Å²) in [5.74, 6) is -1.85. The molecular weight excluding hydrogens is 499 g/mol. The Hall–Kier alpha value is -1.31. The number of hydrogen-bond donors (Lipinski definition) is 5. The number of phenols is 1. The summed E-state index contributed by atoms with van der Waals surface area (Å²) in [6.07, 6.45) is -0.769. The first-order valence-electron chi connectivity index (χ1n) is 12.3. The Kier molecular flexibility index (Phi) is 15.1. The summed E-state index contributed by atoms with van der Waals surface area (Å²) in [4.78, 5) is 11.3. The first-order valence-corrected chi connectivity index (χ1v) is 12.3. The van der Waals surface area contributed by atoms with Gasteiger partial charge in [-0.05, 0) is 26.2 Å². The van der Waals surface area contributed by atoms with E-state index in [0.29, 0.717) is 17.5 Å². The second-order valence-electron chi connectivity index (χ2n) is 8.98. The Balaban J connectivity index is 0.00000684. The fraction of sp³-hybridized carbons (Fsp3) is 0.720. The zero-order valence-corrected chi connectivity index (χ0v) is 24.1. The number of methoxy groups -OCH3 is 2. The van der Waals surface area contributed by atoms with Crippen molar-refractivity contribution in [3.05, 3.63) is 11.1 Å². The monoisotopic (exact) mass is 538 g/mol. The molecule has 0 radical (unpaired) electrons. The van der Waals surface area contributed by atoms with E-state index in [2.05, 4.69) is 0 Å². The topological polar surface area (TPSA) is 178 Å². The fourth-order valence-electron chi connectivity index (χ4n) is 4.39. The van der Waals surface area contributed by atoms with Crippen molar-refractivity contribution in [2.24, 2.45) is 0 Å². The summed E-state index contributed by atoms with van der Waals surface area (Å²) in [5, 5.41) is 61.4. The molecule has 1 fully saturated rings. The molecule has 0 spiro atoms. The predicted octanol–water partition coefficient (Wildman–Crippen LogP) is -2.69. The van der Waals surface area contributed by atoms with E-state index in [4.69, 9.17) is 24.1 Å². The second kappa shape index (κ2) is 16.6. The molecule has 1 aromatic carbocycles. The maximum Gasteiger partial charge on any atom is 1.00 e. The van der Waals surface area contributed by atoms with Crippen molar-refractivity contribution < 1.29 is 83.9 Å². The average Bonchev–Trinajstić information content (AvgIpc) is 2.85. The van der Waals surface area contributed by atoms with Crippen LogP contribution in [0.5, 0.6) is 23.0 Å². The van der Waals surface area contributed by atoms with Crippen molar-refractivity contribution in [3.8, 4) is 23.0 Å². The molecule has 0 unspecified atom stereocenters. The summed E-state index contributed by atoms with van der Waals surface area (Å²) in [7, 11) is 2.67. The van der Waals surface area contributed by atoms with Gasteiger partial charge in [0.1, 0.15) is 24.4 Å². The standard InChI is InChI=1S/C25H40O11.Na/c1-14-15(12-10-8-6-4-5-7-9-11-13-26)16(27)21(33-2)23(34-3)20(14)35-25-19(30)17(28)18(29)22(36-25)24(31)32;/h17-19,22,25-30H,4-13H2,1-3H3,(H,31,32);/q;+1/p-1/t17-,18-,19+,22-,25+;/m1./s1. The number of aromatic hydroxyl groups is 1. The van der Waals surface area contributed by atoms with Crippen LogP contribution >= 0.6 is 0 Å². The van der Waals surface area contributed by atoms with Crippen LogP contribution in [0.15, 0.2) is 0 Å². The van der Waals surface area contributed by atoms with E-state index in [9.17, 15) is 30.3 Å². The van der Waals surface area contributed by atoms with E-state index in [1.54, 1.807) is 6.92 Å². The zero-order valence-electron chi connectivity index (χ0n) is 22.1. The van der Waals surface area contributed by atoms with Gasteiger partial charge >= 0.3 is 29.6 Å². The number of rotatable bonds is 15. The number of aliphatic hydroxyl groups excluding tert-OH is 4. The number of carboxylic acids is 1. The fourth-order valence-corrected chi connectivity index (χ4v) is 4.39. The number of carbonyl (C=O) groups excluding carboxylic acids is 1. The smallest absolute Gasteiger partial charge is 0.547 e. The molecule has 11 nitrogen and oxygen atoms in total. The summed E-state index contributed by atoms with van der Waals surface area (Å²) in [6.45, 7) is 1.90. The molecule has 1 aliphatic heterocycles. The maximum atomic E-state index is 11.3. The van der Waals surface area contributed by atoms with Gasteiger partial charge < -0.3 is 54.4 Å². The largest absolute Gasteiger partial charge is 1.00 e. The van der Waals surface area contributed by atoms with Crippen LogP contribution < -0.4 is 48.9 Å². The SMILES string of the molecule is COc1c(O)c(CCCCCCCCCCO)c(C)c(O[C@H]2O[C@@H](C(=O)[O-])[C@H](O)[C@@H](O)[C@@H]2O)c1OC.[Na+]. The van der Waals surface area contributed by atoms with Crippen molar-refractivity contribution in [2.75, 3.05) is 20.8 Å². The Morgan fingerprint density at radius 2 is 1.41 bits per heavy atom.